The van der Waals surface area contributed by atoms with Gasteiger partial charge in [0.1, 0.15) is 10.6 Å². The molecule has 2 aromatic rings. The van der Waals surface area contributed by atoms with Crippen LogP contribution in [0.15, 0.2) is 28.5 Å². The number of methoxy groups -OCH3 is 1. The molecule has 21 heavy (non-hydrogen) atoms. The highest BCUT2D eigenvalue weighted by Crippen LogP contribution is 2.25. The lowest BCUT2D eigenvalue weighted by Crippen LogP contribution is -2.26. The number of nitrogens with one attached hydrogen (secondary N) is 1. The van der Waals surface area contributed by atoms with Gasteiger partial charge in [-0.1, -0.05) is 0 Å². The van der Waals surface area contributed by atoms with Gasteiger partial charge in [0.25, 0.3) is 0 Å². The summed E-state index contributed by atoms with van der Waals surface area (Å²) in [4.78, 5) is 4.37. The number of nitrogens with two attached hydrogens (primary N) is 1. The van der Waals surface area contributed by atoms with Gasteiger partial charge in [0.15, 0.2) is 0 Å². The van der Waals surface area contributed by atoms with Crippen molar-refractivity contribution >= 4 is 27.0 Å². The van der Waals surface area contributed by atoms with Gasteiger partial charge in [0.05, 0.1) is 17.8 Å². The van der Waals surface area contributed by atoms with E-state index in [2.05, 4.69) is 9.71 Å². The number of aromatic nitrogens is 1. The molecule has 0 saturated heterocycles. The number of benzene rings is 1. The minimum absolute atomic E-state index is 0.0775. The SMILES string of the molecule is COc1cc(N)ccc1S(=O)(=O)NCCc1csc(C)n1. The van der Waals surface area contributed by atoms with Gasteiger partial charge < -0.3 is 10.5 Å². The van der Waals surface area contributed by atoms with Gasteiger partial charge >= 0.3 is 0 Å². The summed E-state index contributed by atoms with van der Waals surface area (Å²) in [5.74, 6) is 0.229. The van der Waals surface area contributed by atoms with Gasteiger partial charge in [-0.2, -0.15) is 0 Å². The lowest BCUT2D eigenvalue weighted by molar-refractivity contribution is 0.402. The van der Waals surface area contributed by atoms with Crippen molar-refractivity contribution in [2.75, 3.05) is 19.4 Å². The van der Waals surface area contributed by atoms with Crippen molar-refractivity contribution < 1.29 is 13.2 Å². The van der Waals surface area contributed by atoms with Crippen LogP contribution in [0.5, 0.6) is 5.75 Å². The van der Waals surface area contributed by atoms with Crippen LogP contribution >= 0.6 is 11.3 Å². The number of nitrogens with zero attached hydrogens (tertiary/aromatic N) is 1. The molecule has 0 saturated carbocycles. The van der Waals surface area contributed by atoms with Crippen molar-refractivity contribution in [3.05, 3.63) is 34.3 Å². The second kappa shape index (κ2) is 6.42. The van der Waals surface area contributed by atoms with Crippen molar-refractivity contribution in [1.82, 2.24) is 9.71 Å². The minimum atomic E-state index is -3.64. The first-order chi connectivity index (χ1) is 9.92. The molecule has 114 valence electrons. The van der Waals surface area contributed by atoms with Crippen LogP contribution in [-0.4, -0.2) is 27.1 Å². The van der Waals surface area contributed by atoms with E-state index in [1.54, 1.807) is 11.3 Å². The summed E-state index contributed by atoms with van der Waals surface area (Å²) >= 11 is 1.54. The molecule has 0 unspecified atom stereocenters. The van der Waals surface area contributed by atoms with E-state index in [9.17, 15) is 8.42 Å². The van der Waals surface area contributed by atoms with Crippen LogP contribution in [0.2, 0.25) is 0 Å². The molecule has 6 nitrogen and oxygen atoms in total. The standard InChI is InChI=1S/C13H17N3O3S2/c1-9-16-11(8-20-9)5-6-15-21(17,18)13-4-3-10(14)7-12(13)19-2/h3-4,7-8,15H,5-6,14H2,1-2H3. The Morgan fingerprint density at radius 3 is 2.81 bits per heavy atom. The molecule has 0 radical (unpaired) electrons. The van der Waals surface area contributed by atoms with Gasteiger partial charge in [-0.05, 0) is 19.1 Å². The monoisotopic (exact) mass is 327 g/mol. The Hall–Kier alpha value is -1.64. The molecular weight excluding hydrogens is 310 g/mol. The second-order valence-electron chi connectivity index (χ2n) is 4.42. The predicted octanol–water partition coefficient (Wildman–Crippen LogP) is 1.56. The molecule has 1 aromatic carbocycles. The van der Waals surface area contributed by atoms with E-state index >= 15 is 0 Å². The molecule has 0 aliphatic carbocycles. The smallest absolute Gasteiger partial charge is 0.244 e. The molecule has 1 heterocycles. The fourth-order valence-electron chi connectivity index (χ4n) is 1.82. The maximum atomic E-state index is 12.3. The van der Waals surface area contributed by atoms with Gasteiger partial charge in [-0.25, -0.2) is 18.1 Å². The average Bonchev–Trinajstić information content (AvgIpc) is 2.83. The fraction of sp³-hybridized carbons (Fsp3) is 0.308. The molecular formula is C13H17N3O3S2. The third-order valence-corrected chi connectivity index (χ3v) is 5.14. The van der Waals surface area contributed by atoms with Crippen molar-refractivity contribution in [3.63, 3.8) is 0 Å². The number of aryl methyl sites for hydroxylation is 1. The molecule has 0 fully saturated rings. The fourth-order valence-corrected chi connectivity index (χ4v) is 3.65. The zero-order valence-corrected chi connectivity index (χ0v) is 13.4. The largest absolute Gasteiger partial charge is 0.495 e. The molecule has 0 bridgehead atoms. The topological polar surface area (TPSA) is 94.3 Å². The van der Waals surface area contributed by atoms with Crippen molar-refractivity contribution in [2.45, 2.75) is 18.2 Å². The van der Waals surface area contributed by atoms with E-state index in [1.807, 2.05) is 12.3 Å². The Morgan fingerprint density at radius 2 is 2.19 bits per heavy atom. The van der Waals surface area contributed by atoms with Crippen LogP contribution < -0.4 is 15.2 Å². The van der Waals surface area contributed by atoms with Gasteiger partial charge in [-0.3, -0.25) is 0 Å². The highest BCUT2D eigenvalue weighted by atomic mass is 32.2. The summed E-state index contributed by atoms with van der Waals surface area (Å²) in [6.45, 7) is 2.19. The van der Waals surface area contributed by atoms with Crippen LogP contribution in [0.3, 0.4) is 0 Å². The molecule has 0 atom stereocenters. The molecule has 0 aliphatic heterocycles. The van der Waals surface area contributed by atoms with Crippen molar-refractivity contribution in [1.29, 1.82) is 0 Å². The summed E-state index contributed by atoms with van der Waals surface area (Å²) in [6.07, 6.45) is 0.543. The Labute approximate surface area is 128 Å². The normalized spacial score (nSPS) is 11.5. The lowest BCUT2D eigenvalue weighted by atomic mass is 10.3. The Morgan fingerprint density at radius 1 is 1.43 bits per heavy atom. The highest BCUT2D eigenvalue weighted by molar-refractivity contribution is 7.89. The van der Waals surface area contributed by atoms with Crippen LogP contribution in [0, 0.1) is 6.92 Å². The quantitative estimate of drug-likeness (QED) is 0.785. The molecule has 2 rings (SSSR count). The predicted molar refractivity (Wildman–Crippen MR) is 83.1 cm³/mol. The van der Waals surface area contributed by atoms with Crippen LogP contribution in [0.4, 0.5) is 5.69 Å². The maximum absolute atomic E-state index is 12.3. The number of hydrogen-bond acceptors (Lipinski definition) is 6. The summed E-state index contributed by atoms with van der Waals surface area (Å²) in [5, 5.41) is 2.89. The van der Waals surface area contributed by atoms with Crippen LogP contribution in [0.1, 0.15) is 10.7 Å². The van der Waals surface area contributed by atoms with Gasteiger partial charge in [-0.15, -0.1) is 11.3 Å². The maximum Gasteiger partial charge on any atom is 0.244 e. The lowest BCUT2D eigenvalue weighted by Gasteiger charge is -2.11. The van der Waals surface area contributed by atoms with Gasteiger partial charge in [0, 0.05) is 30.1 Å². The Bertz CT molecular complexity index is 726. The number of sulfonamides is 1. The number of thiazole rings is 1. The third-order valence-electron chi connectivity index (χ3n) is 2.82. The molecule has 1 aromatic heterocycles. The Balaban J connectivity index is 2.08. The summed E-state index contributed by atoms with van der Waals surface area (Å²) in [6, 6.07) is 4.45. The first-order valence-corrected chi connectivity index (χ1v) is 8.63. The number of hydrogen-bond donors (Lipinski definition) is 2. The zero-order chi connectivity index (χ0) is 15.5. The number of rotatable bonds is 6. The molecule has 3 N–H and O–H groups in total. The van der Waals surface area contributed by atoms with Crippen molar-refractivity contribution in [3.8, 4) is 5.75 Å². The summed E-state index contributed by atoms with van der Waals surface area (Å²) in [7, 11) is -2.23. The van der Waals surface area contributed by atoms with Gasteiger partial charge in [0.2, 0.25) is 10.0 Å². The van der Waals surface area contributed by atoms with Crippen LogP contribution in [0.25, 0.3) is 0 Å². The molecule has 0 spiro atoms. The van der Waals surface area contributed by atoms with E-state index in [-0.39, 0.29) is 17.2 Å². The second-order valence-corrected chi connectivity index (χ2v) is 7.21. The number of nitrogen functional groups attached to an aromatic ring is 1. The van der Waals surface area contributed by atoms with Crippen LogP contribution in [-0.2, 0) is 16.4 Å². The molecule has 0 amide bonds. The number of anilines is 1. The highest BCUT2D eigenvalue weighted by Gasteiger charge is 2.19. The first-order valence-electron chi connectivity index (χ1n) is 6.26. The van der Waals surface area contributed by atoms with E-state index in [4.69, 9.17) is 10.5 Å². The third kappa shape index (κ3) is 3.93. The minimum Gasteiger partial charge on any atom is -0.495 e. The zero-order valence-electron chi connectivity index (χ0n) is 11.8. The van der Waals surface area contributed by atoms with E-state index in [0.717, 1.165) is 10.7 Å². The van der Waals surface area contributed by atoms with E-state index < -0.39 is 10.0 Å². The Kier molecular flexibility index (Phi) is 4.81. The van der Waals surface area contributed by atoms with E-state index in [0.29, 0.717) is 12.1 Å². The summed E-state index contributed by atoms with van der Waals surface area (Å²) < 4.78 is 32.2. The average molecular weight is 327 g/mol. The summed E-state index contributed by atoms with van der Waals surface area (Å²) in [5.41, 5.74) is 6.95. The molecule has 8 heteroatoms. The number of ether oxygens (including phenoxy) is 1. The van der Waals surface area contributed by atoms with Crippen molar-refractivity contribution in [2.24, 2.45) is 0 Å². The molecule has 0 aliphatic rings. The first kappa shape index (κ1) is 15.7. The van der Waals surface area contributed by atoms with E-state index in [1.165, 1.54) is 25.3 Å².